The number of rotatable bonds is 4. The van der Waals surface area contributed by atoms with E-state index in [0.29, 0.717) is 6.54 Å². The minimum atomic E-state index is -0.346. The van der Waals surface area contributed by atoms with Gasteiger partial charge in [-0.25, -0.2) is 0 Å². The molecule has 106 valence electrons. The largest absolute Gasteiger partial charge is 0.376 e. The third-order valence-corrected chi connectivity index (χ3v) is 3.37. The average Bonchev–Trinajstić information content (AvgIpc) is 3.03. The molecule has 1 atom stereocenters. The number of aromatic amines is 1. The first-order valence-electron chi connectivity index (χ1n) is 6.78. The minimum Gasteiger partial charge on any atom is -0.376 e. The molecular weight excluding hydrogens is 254 g/mol. The zero-order chi connectivity index (χ0) is 14.5. The van der Waals surface area contributed by atoms with Gasteiger partial charge in [-0.15, -0.1) is 0 Å². The number of nitriles is 1. The molecule has 2 N–H and O–H groups in total. The highest BCUT2D eigenvalue weighted by molar-refractivity contribution is 6.01. The van der Waals surface area contributed by atoms with E-state index >= 15 is 0 Å². The van der Waals surface area contributed by atoms with E-state index in [1.165, 1.54) is 0 Å². The van der Waals surface area contributed by atoms with Crippen molar-refractivity contribution in [1.82, 2.24) is 10.3 Å². The molecule has 0 aliphatic carbocycles. The predicted octanol–water partition coefficient (Wildman–Crippen LogP) is 1.83. The average molecular weight is 273 g/mol. The Morgan fingerprint density at radius 1 is 1.65 bits per heavy atom. The van der Waals surface area contributed by atoms with Crippen LogP contribution in [0.2, 0.25) is 0 Å². The molecule has 0 saturated carbocycles. The molecule has 2 rings (SSSR count). The number of nitrogens with zero attached hydrogens (tertiary/aromatic N) is 1. The van der Waals surface area contributed by atoms with Crippen molar-refractivity contribution in [2.75, 3.05) is 13.2 Å². The van der Waals surface area contributed by atoms with E-state index in [2.05, 4.69) is 10.3 Å². The summed E-state index contributed by atoms with van der Waals surface area (Å²) >= 11 is 0. The van der Waals surface area contributed by atoms with Gasteiger partial charge in [-0.1, -0.05) is 0 Å². The van der Waals surface area contributed by atoms with Gasteiger partial charge in [-0.05, 0) is 44.4 Å². The molecule has 0 bridgehead atoms. The number of carbonyl (C=O) groups is 1. The van der Waals surface area contributed by atoms with E-state index in [0.717, 1.165) is 36.4 Å². The summed E-state index contributed by atoms with van der Waals surface area (Å²) in [5.41, 5.74) is 2.93. The van der Waals surface area contributed by atoms with Gasteiger partial charge >= 0.3 is 0 Å². The van der Waals surface area contributed by atoms with Crippen molar-refractivity contribution < 1.29 is 9.53 Å². The number of aromatic nitrogens is 1. The smallest absolute Gasteiger partial charge is 0.262 e. The van der Waals surface area contributed by atoms with Crippen LogP contribution in [0.25, 0.3) is 6.08 Å². The third kappa shape index (κ3) is 3.49. The maximum Gasteiger partial charge on any atom is 0.262 e. The molecule has 20 heavy (non-hydrogen) atoms. The van der Waals surface area contributed by atoms with Gasteiger partial charge in [0, 0.05) is 24.5 Å². The van der Waals surface area contributed by atoms with Gasteiger partial charge < -0.3 is 15.0 Å². The Hall–Kier alpha value is -2.06. The lowest BCUT2D eigenvalue weighted by Gasteiger charge is -2.10. The lowest BCUT2D eigenvalue weighted by Crippen LogP contribution is -2.32. The number of ether oxygens (including phenoxy) is 1. The molecule has 1 saturated heterocycles. The molecule has 2 heterocycles. The van der Waals surface area contributed by atoms with E-state index in [-0.39, 0.29) is 17.6 Å². The monoisotopic (exact) mass is 273 g/mol. The topological polar surface area (TPSA) is 77.9 Å². The lowest BCUT2D eigenvalue weighted by atomic mass is 10.1. The SMILES string of the molecule is Cc1cc(/C=C(\C#N)C(=O)NC[C@@H]2CCCO2)c(C)[nH]1. The van der Waals surface area contributed by atoms with Gasteiger partial charge in [0.25, 0.3) is 5.91 Å². The van der Waals surface area contributed by atoms with Crippen molar-refractivity contribution in [3.8, 4) is 6.07 Å². The summed E-state index contributed by atoms with van der Waals surface area (Å²) in [5, 5.41) is 11.9. The highest BCUT2D eigenvalue weighted by Crippen LogP contribution is 2.14. The van der Waals surface area contributed by atoms with Gasteiger partial charge in [-0.2, -0.15) is 5.26 Å². The first-order valence-corrected chi connectivity index (χ1v) is 6.78. The molecule has 5 nitrogen and oxygen atoms in total. The van der Waals surface area contributed by atoms with Gasteiger partial charge in [-0.3, -0.25) is 4.79 Å². The van der Waals surface area contributed by atoms with E-state index in [4.69, 9.17) is 10.00 Å². The Morgan fingerprint density at radius 3 is 3.00 bits per heavy atom. The fourth-order valence-electron chi connectivity index (χ4n) is 2.31. The fraction of sp³-hybridized carbons (Fsp3) is 0.467. The molecule has 1 aliphatic rings. The van der Waals surface area contributed by atoms with Crippen molar-refractivity contribution in [2.24, 2.45) is 0 Å². The molecule has 0 unspecified atom stereocenters. The molecule has 1 aliphatic heterocycles. The van der Waals surface area contributed by atoms with Gasteiger partial charge in [0.05, 0.1) is 6.10 Å². The maximum atomic E-state index is 12.0. The summed E-state index contributed by atoms with van der Waals surface area (Å²) in [6, 6.07) is 3.87. The molecule has 0 spiro atoms. The maximum absolute atomic E-state index is 12.0. The van der Waals surface area contributed by atoms with Crippen LogP contribution >= 0.6 is 0 Å². The number of aryl methyl sites for hydroxylation is 2. The van der Waals surface area contributed by atoms with E-state index in [1.54, 1.807) is 6.08 Å². The number of H-pyrrole nitrogens is 1. The Labute approximate surface area is 118 Å². The zero-order valence-corrected chi connectivity index (χ0v) is 11.8. The second-order valence-electron chi connectivity index (χ2n) is 5.05. The summed E-state index contributed by atoms with van der Waals surface area (Å²) in [6.45, 7) is 5.07. The summed E-state index contributed by atoms with van der Waals surface area (Å²) in [6.07, 6.45) is 3.68. The number of carbonyl (C=O) groups excluding carboxylic acids is 1. The van der Waals surface area contributed by atoms with Crippen LogP contribution in [0.15, 0.2) is 11.6 Å². The fourth-order valence-corrected chi connectivity index (χ4v) is 2.31. The number of hydrogen-bond donors (Lipinski definition) is 2. The summed E-state index contributed by atoms with van der Waals surface area (Å²) in [4.78, 5) is 15.1. The van der Waals surface area contributed by atoms with Gasteiger partial charge in [0.15, 0.2) is 0 Å². The molecule has 0 aromatic carbocycles. The Balaban J connectivity index is 2.01. The molecule has 1 aromatic rings. The highest BCUT2D eigenvalue weighted by atomic mass is 16.5. The third-order valence-electron chi connectivity index (χ3n) is 3.37. The van der Waals surface area contributed by atoms with Crippen molar-refractivity contribution in [1.29, 1.82) is 5.26 Å². The van der Waals surface area contributed by atoms with Crippen LogP contribution in [-0.4, -0.2) is 30.1 Å². The normalized spacial score (nSPS) is 18.9. The van der Waals surface area contributed by atoms with Gasteiger partial charge in [0.2, 0.25) is 0 Å². The lowest BCUT2D eigenvalue weighted by molar-refractivity contribution is -0.117. The Morgan fingerprint density at radius 2 is 2.45 bits per heavy atom. The van der Waals surface area contributed by atoms with Crippen LogP contribution < -0.4 is 5.32 Å². The number of amides is 1. The first-order chi connectivity index (χ1) is 9.60. The molecule has 1 fully saturated rings. The predicted molar refractivity (Wildman–Crippen MR) is 75.8 cm³/mol. The number of nitrogens with one attached hydrogen (secondary N) is 2. The van der Waals surface area contributed by atoms with Crippen LogP contribution in [-0.2, 0) is 9.53 Å². The molecule has 5 heteroatoms. The van der Waals surface area contributed by atoms with Gasteiger partial charge in [0.1, 0.15) is 11.6 Å². The zero-order valence-electron chi connectivity index (χ0n) is 11.8. The van der Waals surface area contributed by atoms with Crippen molar-refractivity contribution in [2.45, 2.75) is 32.8 Å². The number of hydrogen-bond acceptors (Lipinski definition) is 3. The highest BCUT2D eigenvalue weighted by Gasteiger charge is 2.17. The van der Waals surface area contributed by atoms with E-state index in [1.807, 2.05) is 26.0 Å². The van der Waals surface area contributed by atoms with Crippen LogP contribution in [0.5, 0.6) is 0 Å². The molecular formula is C15H19N3O2. The van der Waals surface area contributed by atoms with E-state index in [9.17, 15) is 4.79 Å². The summed E-state index contributed by atoms with van der Waals surface area (Å²) in [5.74, 6) is -0.346. The van der Waals surface area contributed by atoms with Crippen LogP contribution in [0.4, 0.5) is 0 Å². The van der Waals surface area contributed by atoms with Crippen LogP contribution in [0, 0.1) is 25.2 Å². The van der Waals surface area contributed by atoms with Crippen molar-refractivity contribution in [3.63, 3.8) is 0 Å². The van der Waals surface area contributed by atoms with Crippen molar-refractivity contribution in [3.05, 3.63) is 28.6 Å². The molecule has 1 aromatic heterocycles. The van der Waals surface area contributed by atoms with E-state index < -0.39 is 0 Å². The Kier molecular flexibility index (Phi) is 4.59. The molecule has 0 radical (unpaired) electrons. The Bertz CT molecular complexity index is 560. The quantitative estimate of drug-likeness (QED) is 0.649. The van der Waals surface area contributed by atoms with Crippen LogP contribution in [0.1, 0.15) is 29.8 Å². The summed E-state index contributed by atoms with van der Waals surface area (Å²) in [7, 11) is 0. The van der Waals surface area contributed by atoms with Crippen LogP contribution in [0.3, 0.4) is 0 Å². The second kappa shape index (κ2) is 6.40. The minimum absolute atomic E-state index is 0.0788. The standard InChI is InChI=1S/C15H19N3O2/c1-10-6-12(11(2)18-10)7-13(8-16)15(19)17-9-14-4-3-5-20-14/h6-7,14,18H,3-5,9H2,1-2H3,(H,17,19)/b13-7+/t14-/m0/s1. The molecule has 1 amide bonds. The summed E-state index contributed by atoms with van der Waals surface area (Å²) < 4.78 is 5.44. The van der Waals surface area contributed by atoms with Crippen molar-refractivity contribution >= 4 is 12.0 Å². The second-order valence-corrected chi connectivity index (χ2v) is 5.05. The first kappa shape index (κ1) is 14.4.